The Kier molecular flexibility index (Phi) is 4.20. The maximum atomic E-state index is 9.77. The summed E-state index contributed by atoms with van der Waals surface area (Å²) in [6.45, 7) is 3.38. The van der Waals surface area contributed by atoms with E-state index in [0.717, 1.165) is 35.9 Å². The van der Waals surface area contributed by atoms with Gasteiger partial charge < -0.3 is 14.4 Å². The molecular formula is C16H21N3O2. The molecule has 0 amide bonds. The molecule has 1 aliphatic rings. The van der Waals surface area contributed by atoms with Crippen molar-refractivity contribution in [3.63, 3.8) is 0 Å². The number of aliphatic hydroxyl groups excluding tert-OH is 1. The number of aryl methyl sites for hydroxylation is 1. The highest BCUT2D eigenvalue weighted by Crippen LogP contribution is 2.21. The third-order valence-electron chi connectivity index (χ3n) is 3.96. The van der Waals surface area contributed by atoms with Crippen molar-refractivity contribution in [3.05, 3.63) is 41.5 Å². The van der Waals surface area contributed by atoms with Crippen molar-refractivity contribution in [1.82, 2.24) is 14.8 Å². The number of aromatic nitrogens is 3. The van der Waals surface area contributed by atoms with Crippen molar-refractivity contribution in [2.45, 2.75) is 51.9 Å². The molecule has 5 nitrogen and oxygen atoms in total. The van der Waals surface area contributed by atoms with Crippen LogP contribution in [0.15, 0.2) is 24.3 Å². The predicted molar refractivity (Wildman–Crippen MR) is 79.0 cm³/mol. The summed E-state index contributed by atoms with van der Waals surface area (Å²) in [7, 11) is 0. The Morgan fingerprint density at radius 2 is 2.05 bits per heavy atom. The van der Waals surface area contributed by atoms with Gasteiger partial charge in [0.25, 0.3) is 0 Å². The van der Waals surface area contributed by atoms with Crippen molar-refractivity contribution < 1.29 is 9.84 Å². The molecule has 2 aromatic rings. The summed E-state index contributed by atoms with van der Waals surface area (Å²) in [6.07, 6.45) is 3.70. The van der Waals surface area contributed by atoms with Crippen LogP contribution in [0.25, 0.3) is 0 Å². The molecule has 0 unspecified atom stereocenters. The summed E-state index contributed by atoms with van der Waals surface area (Å²) in [4.78, 5) is 0. The van der Waals surface area contributed by atoms with E-state index in [1.807, 2.05) is 31.2 Å². The van der Waals surface area contributed by atoms with Gasteiger partial charge in [-0.15, -0.1) is 10.2 Å². The van der Waals surface area contributed by atoms with Gasteiger partial charge in [0, 0.05) is 13.0 Å². The molecule has 3 rings (SSSR count). The van der Waals surface area contributed by atoms with Crippen LogP contribution in [0, 0.1) is 0 Å². The van der Waals surface area contributed by atoms with Gasteiger partial charge in [0.15, 0.2) is 5.82 Å². The largest absolute Gasteiger partial charge is 0.486 e. The van der Waals surface area contributed by atoms with Crippen LogP contribution in [0.5, 0.6) is 5.75 Å². The van der Waals surface area contributed by atoms with Crippen molar-refractivity contribution >= 4 is 0 Å². The van der Waals surface area contributed by atoms with Crippen LogP contribution in [0.4, 0.5) is 0 Å². The second-order valence-electron chi connectivity index (χ2n) is 5.42. The highest BCUT2D eigenvalue weighted by molar-refractivity contribution is 5.28. The van der Waals surface area contributed by atoms with Gasteiger partial charge in [-0.05, 0) is 37.0 Å². The van der Waals surface area contributed by atoms with Gasteiger partial charge in [-0.1, -0.05) is 19.1 Å². The molecule has 0 aliphatic carbocycles. The van der Waals surface area contributed by atoms with E-state index in [2.05, 4.69) is 14.8 Å². The van der Waals surface area contributed by atoms with Crippen LogP contribution in [-0.2, 0) is 19.6 Å². The molecule has 0 saturated carbocycles. The van der Waals surface area contributed by atoms with Crippen LogP contribution in [0.1, 0.15) is 49.5 Å². The van der Waals surface area contributed by atoms with E-state index in [9.17, 15) is 5.11 Å². The quantitative estimate of drug-likeness (QED) is 0.918. The molecule has 1 aromatic carbocycles. The Morgan fingerprint density at radius 3 is 2.81 bits per heavy atom. The molecule has 112 valence electrons. The number of benzene rings is 1. The first-order chi connectivity index (χ1) is 10.3. The molecule has 5 heteroatoms. The molecule has 0 fully saturated rings. The smallest absolute Gasteiger partial charge is 0.171 e. The minimum Gasteiger partial charge on any atom is -0.486 e. The summed E-state index contributed by atoms with van der Waals surface area (Å²) in [5, 5.41) is 18.2. The van der Waals surface area contributed by atoms with E-state index in [0.29, 0.717) is 13.0 Å². The highest BCUT2D eigenvalue weighted by Gasteiger charge is 2.15. The second-order valence-corrected chi connectivity index (χ2v) is 5.42. The molecule has 1 atom stereocenters. The molecule has 0 bridgehead atoms. The average molecular weight is 287 g/mol. The predicted octanol–water partition coefficient (Wildman–Crippen LogP) is 2.64. The lowest BCUT2D eigenvalue weighted by molar-refractivity contribution is 0.173. The van der Waals surface area contributed by atoms with E-state index < -0.39 is 6.10 Å². The fourth-order valence-corrected chi connectivity index (χ4v) is 2.65. The maximum Gasteiger partial charge on any atom is 0.171 e. The minimum atomic E-state index is -0.400. The number of fused-ring (bicyclic) bond motifs is 1. The topological polar surface area (TPSA) is 60.2 Å². The molecule has 0 radical (unpaired) electrons. The van der Waals surface area contributed by atoms with Crippen LogP contribution >= 0.6 is 0 Å². The lowest BCUT2D eigenvalue weighted by Gasteiger charge is -2.15. The first kappa shape index (κ1) is 14.1. The summed E-state index contributed by atoms with van der Waals surface area (Å²) in [5.41, 5.74) is 0.921. The Labute approximate surface area is 124 Å². The van der Waals surface area contributed by atoms with E-state index in [1.165, 1.54) is 12.8 Å². The molecular weight excluding hydrogens is 266 g/mol. The third kappa shape index (κ3) is 3.08. The monoisotopic (exact) mass is 287 g/mol. The second kappa shape index (κ2) is 6.26. The summed E-state index contributed by atoms with van der Waals surface area (Å²) in [6, 6.07) is 7.59. The number of aliphatic hydroxyl groups is 1. The highest BCUT2D eigenvalue weighted by atomic mass is 16.5. The molecule has 1 aromatic heterocycles. The van der Waals surface area contributed by atoms with Crippen molar-refractivity contribution in [2.75, 3.05) is 0 Å². The van der Waals surface area contributed by atoms with E-state index in [1.54, 1.807) is 0 Å². The van der Waals surface area contributed by atoms with Gasteiger partial charge in [-0.2, -0.15) is 0 Å². The maximum absolute atomic E-state index is 9.77. The standard InChI is InChI=1S/C16H21N3O2/c1-2-14(20)12-6-8-13(9-7-12)21-11-16-18-17-15-5-3-4-10-19(15)16/h6-9,14,20H,2-5,10-11H2,1H3/t14-/m0/s1. The lowest BCUT2D eigenvalue weighted by atomic mass is 10.1. The normalized spacial score (nSPS) is 15.5. The molecule has 21 heavy (non-hydrogen) atoms. The first-order valence-electron chi connectivity index (χ1n) is 7.59. The molecule has 1 N–H and O–H groups in total. The zero-order valence-electron chi connectivity index (χ0n) is 12.3. The zero-order chi connectivity index (χ0) is 14.7. The third-order valence-corrected chi connectivity index (χ3v) is 3.96. The van der Waals surface area contributed by atoms with Gasteiger partial charge >= 0.3 is 0 Å². The average Bonchev–Trinajstić information content (AvgIpc) is 2.96. The number of nitrogens with zero attached hydrogens (tertiary/aromatic N) is 3. The molecule has 2 heterocycles. The number of ether oxygens (including phenoxy) is 1. The van der Waals surface area contributed by atoms with E-state index >= 15 is 0 Å². The number of hydrogen-bond acceptors (Lipinski definition) is 4. The van der Waals surface area contributed by atoms with Gasteiger partial charge in [-0.3, -0.25) is 0 Å². The van der Waals surface area contributed by atoms with Gasteiger partial charge in [-0.25, -0.2) is 0 Å². The molecule has 0 saturated heterocycles. The SMILES string of the molecule is CC[C@H](O)c1ccc(OCc2nnc3n2CCCC3)cc1. The fourth-order valence-electron chi connectivity index (χ4n) is 2.65. The fraction of sp³-hybridized carbons (Fsp3) is 0.500. The Bertz CT molecular complexity index is 592. The zero-order valence-corrected chi connectivity index (χ0v) is 12.3. The Morgan fingerprint density at radius 1 is 1.24 bits per heavy atom. The minimum absolute atomic E-state index is 0.400. The van der Waals surface area contributed by atoms with Crippen LogP contribution < -0.4 is 4.74 Å². The van der Waals surface area contributed by atoms with Gasteiger partial charge in [0.2, 0.25) is 0 Å². The van der Waals surface area contributed by atoms with Crippen molar-refractivity contribution in [1.29, 1.82) is 0 Å². The van der Waals surface area contributed by atoms with Crippen molar-refractivity contribution in [2.24, 2.45) is 0 Å². The summed E-state index contributed by atoms with van der Waals surface area (Å²) in [5.74, 6) is 2.75. The lowest BCUT2D eigenvalue weighted by Crippen LogP contribution is -2.14. The van der Waals surface area contributed by atoms with Crippen LogP contribution in [0.2, 0.25) is 0 Å². The Hall–Kier alpha value is -1.88. The summed E-state index contributed by atoms with van der Waals surface area (Å²) < 4.78 is 7.95. The molecule has 1 aliphatic heterocycles. The van der Waals surface area contributed by atoms with Gasteiger partial charge in [0.1, 0.15) is 18.2 Å². The number of hydrogen-bond donors (Lipinski definition) is 1. The molecule has 0 spiro atoms. The van der Waals surface area contributed by atoms with Crippen LogP contribution in [-0.4, -0.2) is 19.9 Å². The van der Waals surface area contributed by atoms with Gasteiger partial charge in [0.05, 0.1) is 6.10 Å². The van der Waals surface area contributed by atoms with E-state index in [4.69, 9.17) is 4.74 Å². The van der Waals surface area contributed by atoms with Crippen LogP contribution in [0.3, 0.4) is 0 Å². The first-order valence-corrected chi connectivity index (χ1v) is 7.59. The Balaban J connectivity index is 1.64. The summed E-state index contributed by atoms with van der Waals surface area (Å²) >= 11 is 0. The van der Waals surface area contributed by atoms with E-state index in [-0.39, 0.29) is 0 Å². The number of rotatable bonds is 5. The van der Waals surface area contributed by atoms with Crippen molar-refractivity contribution in [3.8, 4) is 5.75 Å².